The summed E-state index contributed by atoms with van der Waals surface area (Å²) in [4.78, 5) is 35.1. The third-order valence-electron chi connectivity index (χ3n) is 7.04. The number of carbonyl (C=O) groups is 2. The molecule has 0 bridgehead atoms. The zero-order valence-corrected chi connectivity index (χ0v) is 24.7. The van der Waals surface area contributed by atoms with E-state index in [2.05, 4.69) is 10.6 Å². The first-order valence-electron chi connectivity index (χ1n) is 13.5. The van der Waals surface area contributed by atoms with Gasteiger partial charge in [-0.3, -0.25) is 9.36 Å². The molecule has 1 heterocycles. The van der Waals surface area contributed by atoms with Gasteiger partial charge in [0.1, 0.15) is 6.61 Å². The summed E-state index contributed by atoms with van der Waals surface area (Å²) in [6.07, 6.45) is -5.39. The van der Waals surface area contributed by atoms with Gasteiger partial charge in [-0.1, -0.05) is 36.4 Å². The molecule has 2 unspecified atom stereocenters. The van der Waals surface area contributed by atoms with E-state index in [9.17, 15) is 44.6 Å². The third-order valence-corrected chi connectivity index (χ3v) is 8.45. The summed E-state index contributed by atoms with van der Waals surface area (Å²) in [5.74, 6) is -1.42. The number of aliphatic carboxylic acids is 1. The van der Waals surface area contributed by atoms with Crippen molar-refractivity contribution in [2.45, 2.75) is 62.3 Å². The number of methoxy groups -OCH3 is 1. The fourth-order valence-electron chi connectivity index (χ4n) is 4.60. The van der Waals surface area contributed by atoms with Crippen molar-refractivity contribution in [2.24, 2.45) is 0 Å². The molecule has 7 atom stereocenters. The van der Waals surface area contributed by atoms with Crippen molar-refractivity contribution in [1.29, 1.82) is 0 Å². The molecule has 1 amide bonds. The van der Waals surface area contributed by atoms with Gasteiger partial charge in [-0.25, -0.2) is 4.79 Å². The number of carboxylic acid groups (broad SMARTS) is 1. The highest BCUT2D eigenvalue weighted by atomic mass is 31.2. The molecular weight excluding hydrogens is 587 g/mol. The van der Waals surface area contributed by atoms with Gasteiger partial charge in [0, 0.05) is 6.04 Å². The molecule has 0 aromatic heterocycles. The van der Waals surface area contributed by atoms with E-state index in [-0.39, 0.29) is 12.8 Å². The number of carboxylic acids is 1. The Hall–Kier alpha value is -3.07. The number of benzene rings is 2. The Morgan fingerprint density at radius 2 is 1.74 bits per heavy atom. The van der Waals surface area contributed by atoms with E-state index in [0.717, 1.165) is 12.5 Å². The number of aliphatic hydroxyl groups is 4. The number of ether oxygens (including phenoxy) is 2. The van der Waals surface area contributed by atoms with Crippen LogP contribution < -0.4 is 20.1 Å². The molecule has 2 aromatic rings. The lowest BCUT2D eigenvalue weighted by Crippen LogP contribution is -2.55. The Kier molecular flexibility index (Phi) is 12.1. The summed E-state index contributed by atoms with van der Waals surface area (Å²) in [5.41, 5.74) is -0.654. The molecule has 0 radical (unpaired) electrons. The number of hydrogen-bond donors (Lipinski definition) is 8. The van der Waals surface area contributed by atoms with Crippen molar-refractivity contribution in [3.8, 4) is 11.5 Å². The fourth-order valence-corrected chi connectivity index (χ4v) is 5.85. The fraction of sp³-hybridized carbons (Fsp3) is 0.500. The summed E-state index contributed by atoms with van der Waals surface area (Å²) in [5, 5.41) is 54.3. The molecule has 15 heteroatoms. The van der Waals surface area contributed by atoms with Crippen molar-refractivity contribution in [2.75, 3.05) is 26.5 Å². The lowest BCUT2D eigenvalue weighted by atomic mass is 10.0. The molecule has 1 aliphatic heterocycles. The monoisotopic (exact) mass is 626 g/mol. The summed E-state index contributed by atoms with van der Waals surface area (Å²) in [6, 6.07) is 12.6. The second kappa shape index (κ2) is 15.1. The summed E-state index contributed by atoms with van der Waals surface area (Å²) in [6.45, 7) is 0.0557. The van der Waals surface area contributed by atoms with Crippen molar-refractivity contribution in [3.63, 3.8) is 0 Å². The molecule has 238 valence electrons. The van der Waals surface area contributed by atoms with Crippen LogP contribution in [0.5, 0.6) is 11.5 Å². The molecule has 3 rings (SSSR count). The quantitative estimate of drug-likeness (QED) is 0.113. The van der Waals surface area contributed by atoms with Gasteiger partial charge in [0.25, 0.3) is 0 Å². The van der Waals surface area contributed by atoms with E-state index >= 15 is 0 Å². The van der Waals surface area contributed by atoms with E-state index < -0.39 is 74.8 Å². The molecule has 1 saturated heterocycles. The lowest BCUT2D eigenvalue weighted by Gasteiger charge is -2.28. The zero-order chi connectivity index (χ0) is 31.8. The number of nitrogens with one attached hydrogen (secondary N) is 2. The lowest BCUT2D eigenvalue weighted by molar-refractivity contribution is -0.148. The van der Waals surface area contributed by atoms with Gasteiger partial charge in [-0.15, -0.1) is 0 Å². The predicted octanol–water partition coefficient (Wildman–Crippen LogP) is -0.216. The average Bonchev–Trinajstić information content (AvgIpc) is 3.23. The molecule has 0 spiro atoms. The van der Waals surface area contributed by atoms with Crippen molar-refractivity contribution >= 4 is 19.5 Å². The average molecular weight is 627 g/mol. The molecule has 43 heavy (non-hydrogen) atoms. The van der Waals surface area contributed by atoms with E-state index in [1.54, 1.807) is 18.2 Å². The maximum atomic E-state index is 12.8. The minimum atomic E-state index is -4.57. The first-order valence-corrected chi connectivity index (χ1v) is 15.3. The third kappa shape index (κ3) is 9.71. The standard InChI is InChI=1S/C28H39N2O12P/c1-28(27(36)37,16-42-43(38,39)15-19(32)12-20-25(34)26(35)21(13-31)29-20)30-24(33)11-18-8-9-22(23(10-18)40-2)41-14-17-6-4-3-5-7-17/h3-10,19-21,25-26,29,31-32,34-35H,11-16H2,1-2H3,(H,30,33)(H,36,37)(H,38,39)/t19-,20-,21-,25-,26-,28?/m1/s1. The van der Waals surface area contributed by atoms with Crippen LogP contribution in [0.15, 0.2) is 48.5 Å². The molecule has 8 N–H and O–H groups in total. The molecule has 1 fully saturated rings. The summed E-state index contributed by atoms with van der Waals surface area (Å²) in [7, 11) is -3.13. The Bertz CT molecular complexity index is 1280. The Balaban J connectivity index is 1.55. The Morgan fingerprint density at radius 3 is 2.35 bits per heavy atom. The highest BCUT2D eigenvalue weighted by Gasteiger charge is 2.43. The smallest absolute Gasteiger partial charge is 0.331 e. The molecule has 0 aliphatic carbocycles. The van der Waals surface area contributed by atoms with Gasteiger partial charge in [0.15, 0.2) is 17.0 Å². The zero-order valence-electron chi connectivity index (χ0n) is 23.8. The van der Waals surface area contributed by atoms with Crippen LogP contribution in [0.2, 0.25) is 0 Å². The number of carbonyl (C=O) groups excluding carboxylic acids is 1. The maximum absolute atomic E-state index is 12.8. The first-order chi connectivity index (χ1) is 20.3. The largest absolute Gasteiger partial charge is 0.493 e. The second-order valence-electron chi connectivity index (χ2n) is 10.6. The molecule has 1 aliphatic rings. The highest BCUT2D eigenvalue weighted by Crippen LogP contribution is 2.44. The SMILES string of the molecule is COc1cc(CC(=O)NC(C)(COP(=O)(O)C[C@H](O)C[C@H]2N[C@H](CO)[C@@H](O)[C@@H]2O)C(=O)O)ccc1OCc1ccccc1. The van der Waals surface area contributed by atoms with Crippen molar-refractivity contribution in [3.05, 3.63) is 59.7 Å². The van der Waals surface area contributed by atoms with E-state index in [1.807, 2.05) is 30.3 Å². The maximum Gasteiger partial charge on any atom is 0.331 e. The number of aliphatic hydroxyl groups excluding tert-OH is 4. The van der Waals surface area contributed by atoms with E-state index in [1.165, 1.54) is 7.11 Å². The van der Waals surface area contributed by atoms with Crippen LogP contribution in [-0.2, 0) is 31.7 Å². The number of rotatable bonds is 16. The minimum absolute atomic E-state index is 0.245. The van der Waals surface area contributed by atoms with E-state index in [0.29, 0.717) is 23.7 Å². The number of amides is 1. The molecule has 14 nitrogen and oxygen atoms in total. The van der Waals surface area contributed by atoms with Gasteiger partial charge < -0.3 is 55.1 Å². The Morgan fingerprint density at radius 1 is 1.07 bits per heavy atom. The summed E-state index contributed by atoms with van der Waals surface area (Å²) >= 11 is 0. The van der Waals surface area contributed by atoms with Gasteiger partial charge in [-0.05, 0) is 36.6 Å². The van der Waals surface area contributed by atoms with Crippen LogP contribution in [0.4, 0.5) is 0 Å². The minimum Gasteiger partial charge on any atom is -0.493 e. The first kappa shape index (κ1) is 34.4. The predicted molar refractivity (Wildman–Crippen MR) is 153 cm³/mol. The van der Waals surface area contributed by atoms with Gasteiger partial charge in [0.2, 0.25) is 5.91 Å². The normalized spacial score (nSPS) is 23.5. The van der Waals surface area contributed by atoms with Crippen LogP contribution in [0.3, 0.4) is 0 Å². The van der Waals surface area contributed by atoms with E-state index in [4.69, 9.17) is 14.0 Å². The van der Waals surface area contributed by atoms with Crippen LogP contribution in [0.1, 0.15) is 24.5 Å². The molecule has 2 aromatic carbocycles. The topological polar surface area (TPSA) is 224 Å². The van der Waals surface area contributed by atoms with Crippen LogP contribution >= 0.6 is 7.60 Å². The van der Waals surface area contributed by atoms with Gasteiger partial charge in [0.05, 0.1) is 57.3 Å². The molecular formula is C28H39N2O12P. The second-order valence-corrected chi connectivity index (χ2v) is 12.5. The highest BCUT2D eigenvalue weighted by molar-refractivity contribution is 7.52. The van der Waals surface area contributed by atoms with Crippen molar-refractivity contribution in [1.82, 2.24) is 10.6 Å². The Labute approximate surface area is 248 Å². The van der Waals surface area contributed by atoms with Crippen molar-refractivity contribution < 1.29 is 58.6 Å². The van der Waals surface area contributed by atoms with Gasteiger partial charge in [-0.2, -0.15) is 0 Å². The number of hydrogen-bond acceptors (Lipinski definition) is 11. The van der Waals surface area contributed by atoms with Gasteiger partial charge >= 0.3 is 13.6 Å². The molecule has 0 saturated carbocycles. The van der Waals surface area contributed by atoms with Crippen LogP contribution in [0.25, 0.3) is 0 Å². The van der Waals surface area contributed by atoms with Crippen LogP contribution in [0, 0.1) is 0 Å². The summed E-state index contributed by atoms with van der Waals surface area (Å²) < 4.78 is 28.8. The van der Waals surface area contributed by atoms with Crippen LogP contribution in [-0.4, -0.2) is 105 Å².